The van der Waals surface area contributed by atoms with E-state index in [2.05, 4.69) is 0 Å². The molecule has 0 aliphatic carbocycles. The molecule has 0 fully saturated rings. The Morgan fingerprint density at radius 1 is 1.27 bits per heavy atom. The molecule has 1 aromatic carbocycles. The molecule has 6 N–H and O–H groups in total. The van der Waals surface area contributed by atoms with Crippen LogP contribution in [0.4, 0.5) is 5.69 Å². The third-order valence-electron chi connectivity index (χ3n) is 2.18. The van der Waals surface area contributed by atoms with Gasteiger partial charge in [-0.1, -0.05) is 6.07 Å². The van der Waals surface area contributed by atoms with Crippen molar-refractivity contribution in [1.29, 1.82) is 0 Å². The van der Waals surface area contributed by atoms with Gasteiger partial charge < -0.3 is 26.2 Å². The molecule has 0 saturated heterocycles. The summed E-state index contributed by atoms with van der Waals surface area (Å²) < 4.78 is 0. The van der Waals surface area contributed by atoms with Gasteiger partial charge >= 0.3 is 0 Å². The van der Waals surface area contributed by atoms with Crippen molar-refractivity contribution in [3.8, 4) is 5.75 Å². The summed E-state index contributed by atoms with van der Waals surface area (Å²) in [7, 11) is 0. The van der Waals surface area contributed by atoms with Crippen LogP contribution in [-0.4, -0.2) is 33.1 Å². The van der Waals surface area contributed by atoms with Crippen molar-refractivity contribution >= 4 is 5.69 Å². The van der Waals surface area contributed by atoms with Crippen LogP contribution < -0.4 is 5.73 Å². The van der Waals surface area contributed by atoms with Crippen molar-refractivity contribution in [3.05, 3.63) is 23.8 Å². The number of aliphatic hydroxyl groups excluding tert-OH is 3. The van der Waals surface area contributed by atoms with Crippen LogP contribution in [0.25, 0.3) is 0 Å². The lowest BCUT2D eigenvalue weighted by atomic mass is 10.0. The lowest BCUT2D eigenvalue weighted by Crippen LogP contribution is -2.19. The molecule has 5 heteroatoms. The fourth-order valence-electron chi connectivity index (χ4n) is 1.27. The predicted molar refractivity (Wildman–Crippen MR) is 55.2 cm³/mol. The van der Waals surface area contributed by atoms with E-state index in [1.54, 1.807) is 0 Å². The third-order valence-corrected chi connectivity index (χ3v) is 2.18. The Hall–Kier alpha value is -1.30. The molecule has 0 spiro atoms. The molecular formula is C10H15NO4. The minimum atomic E-state index is -1.11. The van der Waals surface area contributed by atoms with Gasteiger partial charge in [-0.25, -0.2) is 0 Å². The molecule has 0 amide bonds. The number of nitrogen functional groups attached to an aromatic ring is 1. The Balaban J connectivity index is 2.81. The maximum atomic E-state index is 9.64. The first-order valence-corrected chi connectivity index (χ1v) is 4.61. The van der Waals surface area contributed by atoms with Crippen LogP contribution in [0.2, 0.25) is 0 Å². The van der Waals surface area contributed by atoms with Crippen LogP contribution >= 0.6 is 0 Å². The van der Waals surface area contributed by atoms with Crippen molar-refractivity contribution in [2.24, 2.45) is 0 Å². The second-order valence-electron chi connectivity index (χ2n) is 3.34. The molecule has 1 aromatic rings. The standard InChI is InChI=1S/C10H15NO4/c11-7-5-6(1-2-8(7)13)10(15)9(14)3-4-12/h1-2,5,9-10,12-15H,3-4,11H2. The number of hydrogen-bond acceptors (Lipinski definition) is 5. The summed E-state index contributed by atoms with van der Waals surface area (Å²) in [6, 6.07) is 4.21. The van der Waals surface area contributed by atoms with Crippen molar-refractivity contribution < 1.29 is 20.4 Å². The van der Waals surface area contributed by atoms with Gasteiger partial charge in [-0.3, -0.25) is 0 Å². The highest BCUT2D eigenvalue weighted by molar-refractivity contribution is 5.53. The van der Waals surface area contributed by atoms with Gasteiger partial charge in [0, 0.05) is 6.61 Å². The zero-order valence-corrected chi connectivity index (χ0v) is 8.17. The fraction of sp³-hybridized carbons (Fsp3) is 0.400. The first-order chi connectivity index (χ1) is 7.06. The van der Waals surface area contributed by atoms with Crippen molar-refractivity contribution in [1.82, 2.24) is 0 Å². The predicted octanol–water partition coefficient (Wildman–Crippen LogP) is -0.249. The second kappa shape index (κ2) is 4.97. The van der Waals surface area contributed by atoms with E-state index in [9.17, 15) is 10.2 Å². The van der Waals surface area contributed by atoms with E-state index >= 15 is 0 Å². The monoisotopic (exact) mass is 213 g/mol. The molecule has 0 aliphatic heterocycles. The Bertz CT molecular complexity index is 329. The molecule has 5 nitrogen and oxygen atoms in total. The van der Waals surface area contributed by atoms with Gasteiger partial charge in [-0.15, -0.1) is 0 Å². The van der Waals surface area contributed by atoms with Gasteiger partial charge in [-0.05, 0) is 24.1 Å². The molecular weight excluding hydrogens is 198 g/mol. The van der Waals surface area contributed by atoms with Crippen LogP contribution in [0.5, 0.6) is 5.75 Å². The Labute approximate surface area is 87.4 Å². The van der Waals surface area contributed by atoms with Crippen molar-refractivity contribution in [3.63, 3.8) is 0 Å². The summed E-state index contributed by atoms with van der Waals surface area (Å²) in [5.74, 6) is -0.0670. The highest BCUT2D eigenvalue weighted by atomic mass is 16.3. The largest absolute Gasteiger partial charge is 0.506 e. The number of aromatic hydroxyl groups is 1. The van der Waals surface area contributed by atoms with E-state index in [-0.39, 0.29) is 24.5 Å². The van der Waals surface area contributed by atoms with Gasteiger partial charge in [0.15, 0.2) is 0 Å². The van der Waals surface area contributed by atoms with Gasteiger partial charge in [0.1, 0.15) is 11.9 Å². The second-order valence-corrected chi connectivity index (χ2v) is 3.34. The zero-order valence-electron chi connectivity index (χ0n) is 8.17. The van der Waals surface area contributed by atoms with Crippen LogP contribution in [0.1, 0.15) is 18.1 Å². The SMILES string of the molecule is Nc1cc(C(O)C(O)CCO)ccc1O. The highest BCUT2D eigenvalue weighted by Gasteiger charge is 2.18. The number of hydrogen-bond donors (Lipinski definition) is 5. The lowest BCUT2D eigenvalue weighted by Gasteiger charge is -2.17. The van der Waals surface area contributed by atoms with Crippen LogP contribution in [-0.2, 0) is 0 Å². The Morgan fingerprint density at radius 3 is 2.47 bits per heavy atom. The van der Waals surface area contributed by atoms with Crippen molar-refractivity contribution in [2.75, 3.05) is 12.3 Å². The minimum absolute atomic E-state index is 0.0670. The van der Waals surface area contributed by atoms with E-state index in [4.69, 9.17) is 15.9 Å². The van der Waals surface area contributed by atoms with Crippen LogP contribution in [0.3, 0.4) is 0 Å². The van der Waals surface area contributed by atoms with E-state index in [1.807, 2.05) is 0 Å². The summed E-state index contributed by atoms with van der Waals surface area (Å²) in [5, 5.41) is 36.8. The summed E-state index contributed by atoms with van der Waals surface area (Å²) >= 11 is 0. The van der Waals surface area contributed by atoms with Gasteiger partial charge in [-0.2, -0.15) is 0 Å². The van der Waals surface area contributed by atoms with Crippen LogP contribution in [0, 0.1) is 0 Å². The summed E-state index contributed by atoms with van der Waals surface area (Å²) in [5.41, 5.74) is 5.99. The molecule has 0 bridgehead atoms. The van der Waals surface area contributed by atoms with E-state index in [0.717, 1.165) is 0 Å². The Morgan fingerprint density at radius 2 is 1.93 bits per heavy atom. The number of nitrogens with two attached hydrogens (primary N) is 1. The molecule has 0 saturated carbocycles. The summed E-state index contributed by atoms with van der Waals surface area (Å²) in [6.45, 7) is -0.203. The molecule has 2 unspecified atom stereocenters. The number of phenols is 1. The lowest BCUT2D eigenvalue weighted by molar-refractivity contribution is 0.00423. The molecule has 0 heterocycles. The zero-order chi connectivity index (χ0) is 11.4. The average molecular weight is 213 g/mol. The maximum absolute atomic E-state index is 9.64. The van der Waals surface area contributed by atoms with E-state index in [1.165, 1.54) is 18.2 Å². The number of phenolic OH excluding ortho intramolecular Hbond substituents is 1. The molecule has 15 heavy (non-hydrogen) atoms. The third kappa shape index (κ3) is 2.82. The Kier molecular flexibility index (Phi) is 3.90. The van der Waals surface area contributed by atoms with Gasteiger partial charge in [0.05, 0.1) is 11.8 Å². The molecule has 1 rings (SSSR count). The smallest absolute Gasteiger partial charge is 0.138 e. The topological polar surface area (TPSA) is 107 Å². The average Bonchev–Trinajstić information content (AvgIpc) is 2.21. The molecule has 2 atom stereocenters. The fourth-order valence-corrected chi connectivity index (χ4v) is 1.27. The minimum Gasteiger partial charge on any atom is -0.506 e. The molecule has 84 valence electrons. The number of rotatable bonds is 4. The first kappa shape index (κ1) is 11.8. The normalized spacial score (nSPS) is 14.9. The number of anilines is 1. The highest BCUT2D eigenvalue weighted by Crippen LogP contribution is 2.26. The molecule has 0 aromatic heterocycles. The van der Waals surface area contributed by atoms with E-state index < -0.39 is 12.2 Å². The first-order valence-electron chi connectivity index (χ1n) is 4.61. The van der Waals surface area contributed by atoms with Crippen molar-refractivity contribution in [2.45, 2.75) is 18.6 Å². The quantitative estimate of drug-likeness (QED) is 0.350. The van der Waals surface area contributed by atoms with Gasteiger partial charge in [0.2, 0.25) is 0 Å². The van der Waals surface area contributed by atoms with E-state index in [0.29, 0.717) is 5.56 Å². The maximum Gasteiger partial charge on any atom is 0.138 e. The van der Waals surface area contributed by atoms with Crippen LogP contribution in [0.15, 0.2) is 18.2 Å². The number of benzene rings is 1. The molecule has 0 radical (unpaired) electrons. The van der Waals surface area contributed by atoms with Gasteiger partial charge in [0.25, 0.3) is 0 Å². The number of aliphatic hydroxyl groups is 3. The summed E-state index contributed by atoms with van der Waals surface area (Å²) in [6.07, 6.45) is -2.07. The summed E-state index contributed by atoms with van der Waals surface area (Å²) in [4.78, 5) is 0. The molecule has 0 aliphatic rings.